The number of nitrogens with zero attached hydrogens (tertiary/aromatic N) is 1. The van der Waals surface area contributed by atoms with Crippen LogP contribution >= 0.6 is 11.3 Å². The van der Waals surface area contributed by atoms with Crippen molar-refractivity contribution in [2.45, 2.75) is 6.10 Å². The van der Waals surface area contributed by atoms with Crippen LogP contribution in [0.4, 0.5) is 11.4 Å². The third-order valence-corrected chi connectivity index (χ3v) is 4.59. The molecule has 2 aromatic rings. The van der Waals surface area contributed by atoms with Crippen LogP contribution < -0.4 is 10.2 Å². The summed E-state index contributed by atoms with van der Waals surface area (Å²) in [6.07, 6.45) is -0.455. The molecule has 0 saturated carbocycles. The first-order valence-electron chi connectivity index (χ1n) is 7.21. The molecule has 5 heteroatoms. The van der Waals surface area contributed by atoms with Crippen molar-refractivity contribution in [1.29, 1.82) is 0 Å². The van der Waals surface area contributed by atoms with Gasteiger partial charge < -0.3 is 20.1 Å². The van der Waals surface area contributed by atoms with Crippen molar-refractivity contribution in [3.63, 3.8) is 0 Å². The van der Waals surface area contributed by atoms with Gasteiger partial charge in [0.25, 0.3) is 0 Å². The topological polar surface area (TPSA) is 44.7 Å². The van der Waals surface area contributed by atoms with E-state index in [4.69, 9.17) is 4.74 Å². The molecule has 112 valence electrons. The van der Waals surface area contributed by atoms with Gasteiger partial charge in [-0.05, 0) is 35.7 Å². The zero-order valence-corrected chi connectivity index (χ0v) is 12.7. The standard InChI is InChI=1S/C16H20N2O2S/c19-15(16-2-1-11-21-16)12-17-13-3-5-14(6-4-13)18-7-9-20-10-8-18/h1-6,11,15,17,19H,7-10,12H2. The van der Waals surface area contributed by atoms with Crippen LogP contribution in [0.2, 0.25) is 0 Å². The molecule has 1 saturated heterocycles. The van der Waals surface area contributed by atoms with E-state index in [1.807, 2.05) is 17.5 Å². The lowest BCUT2D eigenvalue weighted by Crippen LogP contribution is -2.36. The summed E-state index contributed by atoms with van der Waals surface area (Å²) in [6.45, 7) is 4.02. The van der Waals surface area contributed by atoms with E-state index in [0.717, 1.165) is 36.9 Å². The van der Waals surface area contributed by atoms with Crippen molar-refractivity contribution < 1.29 is 9.84 Å². The molecule has 1 unspecified atom stereocenters. The van der Waals surface area contributed by atoms with E-state index in [2.05, 4.69) is 34.5 Å². The molecule has 1 aromatic carbocycles. The Morgan fingerprint density at radius 1 is 1.19 bits per heavy atom. The Bertz CT molecular complexity index is 536. The molecule has 0 radical (unpaired) electrons. The van der Waals surface area contributed by atoms with Crippen LogP contribution in [0.5, 0.6) is 0 Å². The monoisotopic (exact) mass is 304 g/mol. The zero-order chi connectivity index (χ0) is 14.5. The fraction of sp³-hybridized carbons (Fsp3) is 0.375. The third kappa shape index (κ3) is 3.75. The molecular formula is C16H20N2O2S. The van der Waals surface area contributed by atoms with Gasteiger partial charge in [-0.25, -0.2) is 0 Å². The number of aliphatic hydroxyl groups excluding tert-OH is 1. The highest BCUT2D eigenvalue weighted by Crippen LogP contribution is 2.21. The molecule has 3 rings (SSSR count). The van der Waals surface area contributed by atoms with E-state index in [9.17, 15) is 5.11 Å². The summed E-state index contributed by atoms with van der Waals surface area (Å²) >= 11 is 1.58. The van der Waals surface area contributed by atoms with Gasteiger partial charge in [0, 0.05) is 35.9 Å². The second-order valence-electron chi connectivity index (χ2n) is 5.06. The van der Waals surface area contributed by atoms with Gasteiger partial charge in [-0.3, -0.25) is 0 Å². The van der Waals surface area contributed by atoms with Gasteiger partial charge in [0.1, 0.15) is 6.10 Å². The Hall–Kier alpha value is -1.56. The zero-order valence-electron chi connectivity index (χ0n) is 11.9. The van der Waals surface area contributed by atoms with Gasteiger partial charge in [-0.2, -0.15) is 0 Å². The smallest absolute Gasteiger partial charge is 0.105 e. The number of benzene rings is 1. The SMILES string of the molecule is OC(CNc1ccc(N2CCOCC2)cc1)c1cccs1. The molecule has 1 atom stereocenters. The largest absolute Gasteiger partial charge is 0.386 e. The number of ether oxygens (including phenoxy) is 1. The van der Waals surface area contributed by atoms with Gasteiger partial charge >= 0.3 is 0 Å². The lowest BCUT2D eigenvalue weighted by atomic mass is 10.2. The molecule has 1 fully saturated rings. The molecular weight excluding hydrogens is 284 g/mol. The van der Waals surface area contributed by atoms with Crippen molar-refractivity contribution in [2.24, 2.45) is 0 Å². The number of hydrogen-bond donors (Lipinski definition) is 2. The predicted octanol–water partition coefficient (Wildman–Crippen LogP) is 2.73. The molecule has 4 nitrogen and oxygen atoms in total. The van der Waals surface area contributed by atoms with Crippen LogP contribution in [-0.2, 0) is 4.74 Å². The number of hydrogen-bond acceptors (Lipinski definition) is 5. The summed E-state index contributed by atoms with van der Waals surface area (Å²) in [7, 11) is 0. The maximum Gasteiger partial charge on any atom is 0.105 e. The molecule has 0 spiro atoms. The number of anilines is 2. The van der Waals surface area contributed by atoms with Crippen molar-refractivity contribution >= 4 is 22.7 Å². The van der Waals surface area contributed by atoms with Gasteiger partial charge in [0.05, 0.1) is 13.2 Å². The first kappa shape index (κ1) is 14.4. The molecule has 0 amide bonds. The lowest BCUT2D eigenvalue weighted by Gasteiger charge is -2.29. The second-order valence-corrected chi connectivity index (χ2v) is 6.04. The predicted molar refractivity (Wildman–Crippen MR) is 87.2 cm³/mol. The first-order chi connectivity index (χ1) is 10.3. The van der Waals surface area contributed by atoms with Crippen molar-refractivity contribution in [1.82, 2.24) is 0 Å². The Morgan fingerprint density at radius 2 is 1.95 bits per heavy atom. The highest BCUT2D eigenvalue weighted by Gasteiger charge is 2.11. The van der Waals surface area contributed by atoms with Gasteiger partial charge in [0.15, 0.2) is 0 Å². The highest BCUT2D eigenvalue weighted by atomic mass is 32.1. The number of thiophene rings is 1. The maximum absolute atomic E-state index is 10.1. The van der Waals surface area contributed by atoms with Crippen molar-refractivity contribution in [2.75, 3.05) is 43.1 Å². The molecule has 1 aliphatic rings. The van der Waals surface area contributed by atoms with Crippen LogP contribution in [0.15, 0.2) is 41.8 Å². The van der Waals surface area contributed by atoms with Crippen LogP contribution in [0, 0.1) is 0 Å². The van der Waals surface area contributed by atoms with Gasteiger partial charge in [-0.1, -0.05) is 6.07 Å². The average molecular weight is 304 g/mol. The molecule has 2 heterocycles. The van der Waals surface area contributed by atoms with E-state index in [0.29, 0.717) is 6.54 Å². The van der Waals surface area contributed by atoms with E-state index < -0.39 is 6.10 Å². The van der Waals surface area contributed by atoms with Crippen molar-refractivity contribution in [3.05, 3.63) is 46.7 Å². The molecule has 1 aliphatic heterocycles. The minimum atomic E-state index is -0.455. The Labute approximate surface area is 129 Å². The fourth-order valence-corrected chi connectivity index (χ4v) is 3.12. The fourth-order valence-electron chi connectivity index (χ4n) is 2.41. The number of nitrogens with one attached hydrogen (secondary N) is 1. The summed E-state index contributed by atoms with van der Waals surface area (Å²) in [5.74, 6) is 0. The Morgan fingerprint density at radius 3 is 2.62 bits per heavy atom. The first-order valence-corrected chi connectivity index (χ1v) is 8.09. The van der Waals surface area contributed by atoms with E-state index in [1.54, 1.807) is 11.3 Å². The second kappa shape index (κ2) is 6.93. The lowest BCUT2D eigenvalue weighted by molar-refractivity contribution is 0.122. The Kier molecular flexibility index (Phi) is 4.75. The highest BCUT2D eigenvalue weighted by molar-refractivity contribution is 7.10. The third-order valence-electron chi connectivity index (χ3n) is 3.61. The van der Waals surface area contributed by atoms with Crippen LogP contribution in [0.1, 0.15) is 11.0 Å². The summed E-state index contributed by atoms with van der Waals surface area (Å²) in [5.41, 5.74) is 2.25. The number of rotatable bonds is 5. The number of morpholine rings is 1. The summed E-state index contributed by atoms with van der Waals surface area (Å²) < 4.78 is 5.36. The van der Waals surface area contributed by atoms with Gasteiger partial charge in [-0.15, -0.1) is 11.3 Å². The summed E-state index contributed by atoms with van der Waals surface area (Å²) in [6, 6.07) is 12.3. The number of aliphatic hydroxyl groups is 1. The minimum absolute atomic E-state index is 0.455. The molecule has 0 aliphatic carbocycles. The molecule has 21 heavy (non-hydrogen) atoms. The van der Waals surface area contributed by atoms with E-state index in [1.165, 1.54) is 5.69 Å². The minimum Gasteiger partial charge on any atom is -0.386 e. The van der Waals surface area contributed by atoms with E-state index >= 15 is 0 Å². The summed E-state index contributed by atoms with van der Waals surface area (Å²) in [4.78, 5) is 3.32. The molecule has 2 N–H and O–H groups in total. The van der Waals surface area contributed by atoms with Crippen LogP contribution in [-0.4, -0.2) is 38.0 Å². The summed E-state index contributed by atoms with van der Waals surface area (Å²) in [5, 5.41) is 15.3. The maximum atomic E-state index is 10.1. The van der Waals surface area contributed by atoms with Crippen LogP contribution in [0.25, 0.3) is 0 Å². The average Bonchev–Trinajstić information content (AvgIpc) is 3.08. The van der Waals surface area contributed by atoms with Crippen LogP contribution in [0.3, 0.4) is 0 Å². The quantitative estimate of drug-likeness (QED) is 0.891. The molecule has 0 bridgehead atoms. The Balaban J connectivity index is 1.54. The normalized spacial score (nSPS) is 16.7. The molecule has 1 aromatic heterocycles. The van der Waals surface area contributed by atoms with E-state index in [-0.39, 0.29) is 0 Å². The van der Waals surface area contributed by atoms with Gasteiger partial charge in [0.2, 0.25) is 0 Å². The van der Waals surface area contributed by atoms with Crippen molar-refractivity contribution in [3.8, 4) is 0 Å².